The fraction of sp³-hybridized carbons (Fsp3) is 0.154. The van der Waals surface area contributed by atoms with Crippen molar-refractivity contribution >= 4 is 51.4 Å². The summed E-state index contributed by atoms with van der Waals surface area (Å²) in [5.74, 6) is 1.41. The molecule has 1 heterocycles. The Kier molecular flexibility index (Phi) is 4.29. The van der Waals surface area contributed by atoms with Crippen molar-refractivity contribution in [3.05, 3.63) is 44.7 Å². The molecule has 0 bridgehead atoms. The quantitative estimate of drug-likeness (QED) is 0.556. The molecule has 0 aliphatic carbocycles. The molecule has 5 heteroatoms. The minimum absolute atomic E-state index is 0.669. The first-order valence-electron chi connectivity index (χ1n) is 5.26. The molecule has 2 aromatic rings. The monoisotopic (exact) mass is 391 g/mol. The van der Waals surface area contributed by atoms with Crippen LogP contribution in [0.1, 0.15) is 5.76 Å². The molecule has 0 fully saturated rings. The van der Waals surface area contributed by atoms with E-state index in [2.05, 4.69) is 22.6 Å². The fourth-order valence-corrected chi connectivity index (χ4v) is 2.57. The van der Waals surface area contributed by atoms with Gasteiger partial charge in [0.25, 0.3) is 0 Å². The highest BCUT2D eigenvalue weighted by Crippen LogP contribution is 2.30. The average molecular weight is 392 g/mol. The summed E-state index contributed by atoms with van der Waals surface area (Å²) in [6.45, 7) is 0. The number of halogens is 2. The Morgan fingerprint density at radius 2 is 2.00 bits per heavy atom. The van der Waals surface area contributed by atoms with E-state index in [1.807, 2.05) is 49.3 Å². The first kappa shape index (κ1) is 13.8. The van der Waals surface area contributed by atoms with Crippen molar-refractivity contribution in [1.29, 1.82) is 0 Å². The van der Waals surface area contributed by atoms with E-state index in [1.165, 1.54) is 0 Å². The van der Waals surface area contributed by atoms with Crippen LogP contribution in [0.3, 0.4) is 0 Å². The van der Waals surface area contributed by atoms with E-state index in [-0.39, 0.29) is 0 Å². The zero-order valence-corrected chi connectivity index (χ0v) is 13.6. The van der Waals surface area contributed by atoms with Crippen LogP contribution < -0.4 is 0 Å². The molecule has 0 saturated carbocycles. The Morgan fingerprint density at radius 3 is 2.61 bits per heavy atom. The predicted molar refractivity (Wildman–Crippen MR) is 87.3 cm³/mol. The summed E-state index contributed by atoms with van der Waals surface area (Å²) in [4.78, 5) is 2.51. The molecule has 0 amide bonds. The standard InChI is InChI=1S/C13H11ClINOS/c1-16(2)13(18)12-6-5-11(17-12)9-4-3-8(15)7-10(9)14/h3-7H,1-2H3. The van der Waals surface area contributed by atoms with E-state index >= 15 is 0 Å². The van der Waals surface area contributed by atoms with Crippen LogP contribution in [0.5, 0.6) is 0 Å². The van der Waals surface area contributed by atoms with E-state index in [0.717, 1.165) is 14.9 Å². The summed E-state index contributed by atoms with van der Waals surface area (Å²) >= 11 is 13.7. The van der Waals surface area contributed by atoms with Gasteiger partial charge in [0.2, 0.25) is 0 Å². The Morgan fingerprint density at radius 1 is 1.28 bits per heavy atom. The van der Waals surface area contributed by atoms with E-state index in [0.29, 0.717) is 15.8 Å². The van der Waals surface area contributed by atoms with Crippen molar-refractivity contribution in [2.24, 2.45) is 0 Å². The Balaban J connectivity index is 2.38. The summed E-state index contributed by atoms with van der Waals surface area (Å²) in [5.41, 5.74) is 0.880. The van der Waals surface area contributed by atoms with Crippen molar-refractivity contribution in [3.8, 4) is 11.3 Å². The highest BCUT2D eigenvalue weighted by Gasteiger charge is 2.12. The van der Waals surface area contributed by atoms with Gasteiger partial charge in [-0.25, -0.2) is 0 Å². The molecule has 0 spiro atoms. The number of hydrogen-bond acceptors (Lipinski definition) is 2. The van der Waals surface area contributed by atoms with Gasteiger partial charge in [0, 0.05) is 23.2 Å². The molecular weight excluding hydrogens is 381 g/mol. The van der Waals surface area contributed by atoms with Crippen LogP contribution in [0.25, 0.3) is 11.3 Å². The minimum atomic E-state index is 0.669. The molecule has 18 heavy (non-hydrogen) atoms. The summed E-state index contributed by atoms with van der Waals surface area (Å²) in [7, 11) is 3.78. The maximum absolute atomic E-state index is 6.21. The molecule has 0 aliphatic rings. The average Bonchev–Trinajstić information content (AvgIpc) is 2.77. The highest BCUT2D eigenvalue weighted by atomic mass is 127. The van der Waals surface area contributed by atoms with Crippen molar-refractivity contribution in [3.63, 3.8) is 0 Å². The predicted octanol–water partition coefficient (Wildman–Crippen LogP) is 4.44. The summed E-state index contributed by atoms with van der Waals surface area (Å²) in [5, 5.41) is 0.679. The maximum Gasteiger partial charge on any atom is 0.162 e. The molecule has 0 unspecified atom stereocenters. The fourth-order valence-electron chi connectivity index (χ4n) is 1.51. The number of rotatable bonds is 2. The van der Waals surface area contributed by atoms with Gasteiger partial charge >= 0.3 is 0 Å². The van der Waals surface area contributed by atoms with Crippen molar-refractivity contribution in [2.45, 2.75) is 0 Å². The maximum atomic E-state index is 6.21. The number of hydrogen-bond donors (Lipinski definition) is 0. The lowest BCUT2D eigenvalue weighted by Crippen LogP contribution is -2.19. The van der Waals surface area contributed by atoms with Gasteiger partial charge in [-0.2, -0.15) is 0 Å². The van der Waals surface area contributed by atoms with Crippen LogP contribution >= 0.6 is 46.4 Å². The van der Waals surface area contributed by atoms with E-state index in [9.17, 15) is 0 Å². The lowest BCUT2D eigenvalue weighted by molar-refractivity contribution is 0.545. The SMILES string of the molecule is CN(C)C(=S)c1ccc(-c2ccc(I)cc2Cl)o1. The molecule has 0 N–H and O–H groups in total. The topological polar surface area (TPSA) is 16.4 Å². The van der Waals surface area contributed by atoms with Crippen LogP contribution in [0.2, 0.25) is 5.02 Å². The third-order valence-corrected chi connectivity index (χ3v) is 3.97. The second-order valence-electron chi connectivity index (χ2n) is 3.99. The van der Waals surface area contributed by atoms with Gasteiger partial charge < -0.3 is 9.32 Å². The van der Waals surface area contributed by atoms with Crippen LogP contribution in [-0.4, -0.2) is 24.0 Å². The van der Waals surface area contributed by atoms with Crippen molar-refractivity contribution in [1.82, 2.24) is 4.90 Å². The lowest BCUT2D eigenvalue weighted by Gasteiger charge is -2.10. The smallest absolute Gasteiger partial charge is 0.162 e. The van der Waals surface area contributed by atoms with Crippen molar-refractivity contribution in [2.75, 3.05) is 14.1 Å². The van der Waals surface area contributed by atoms with Crippen LogP contribution in [0.4, 0.5) is 0 Å². The van der Waals surface area contributed by atoms with E-state index < -0.39 is 0 Å². The molecule has 2 nitrogen and oxygen atoms in total. The van der Waals surface area contributed by atoms with Gasteiger partial charge in [-0.15, -0.1) is 0 Å². The van der Waals surface area contributed by atoms with Crippen LogP contribution in [-0.2, 0) is 0 Å². The summed E-state index contributed by atoms with van der Waals surface area (Å²) in [6, 6.07) is 9.61. The van der Waals surface area contributed by atoms with E-state index in [4.69, 9.17) is 28.2 Å². The van der Waals surface area contributed by atoms with Crippen molar-refractivity contribution < 1.29 is 4.42 Å². The number of thiocarbonyl (C=S) groups is 1. The van der Waals surface area contributed by atoms with Gasteiger partial charge in [0.15, 0.2) is 5.76 Å². The molecule has 2 rings (SSSR count). The van der Waals surface area contributed by atoms with Gasteiger partial charge in [0.1, 0.15) is 10.7 Å². The van der Waals surface area contributed by atoms with Gasteiger partial charge in [0.05, 0.1) is 5.02 Å². The molecule has 0 saturated heterocycles. The van der Waals surface area contributed by atoms with Crippen LogP contribution in [0.15, 0.2) is 34.7 Å². The molecule has 1 aromatic heterocycles. The normalized spacial score (nSPS) is 10.4. The van der Waals surface area contributed by atoms with Gasteiger partial charge in [-0.3, -0.25) is 0 Å². The first-order chi connectivity index (χ1) is 8.49. The molecular formula is C13H11ClINOS. The Hall–Kier alpha value is -0.590. The summed E-state index contributed by atoms with van der Waals surface area (Å²) < 4.78 is 6.84. The largest absolute Gasteiger partial charge is 0.454 e. The van der Waals surface area contributed by atoms with Gasteiger partial charge in [-0.05, 0) is 52.9 Å². The number of benzene rings is 1. The highest BCUT2D eigenvalue weighted by molar-refractivity contribution is 14.1. The lowest BCUT2D eigenvalue weighted by atomic mass is 10.2. The Bertz CT molecular complexity index is 594. The van der Waals surface area contributed by atoms with Gasteiger partial charge in [-0.1, -0.05) is 23.8 Å². The molecule has 0 aliphatic heterocycles. The Labute approximate surface area is 130 Å². The number of nitrogens with zero attached hydrogens (tertiary/aromatic N) is 1. The first-order valence-corrected chi connectivity index (χ1v) is 7.12. The third kappa shape index (κ3) is 2.87. The minimum Gasteiger partial charge on any atom is -0.454 e. The molecule has 0 atom stereocenters. The zero-order chi connectivity index (χ0) is 13.3. The van der Waals surface area contributed by atoms with Crippen LogP contribution in [0, 0.1) is 3.57 Å². The molecule has 1 aromatic carbocycles. The second-order valence-corrected chi connectivity index (χ2v) is 6.03. The van der Waals surface area contributed by atoms with E-state index in [1.54, 1.807) is 0 Å². The third-order valence-electron chi connectivity index (χ3n) is 2.42. The molecule has 94 valence electrons. The zero-order valence-electron chi connectivity index (χ0n) is 9.91. The summed E-state index contributed by atoms with van der Waals surface area (Å²) in [6.07, 6.45) is 0. The number of furan rings is 1. The molecule has 0 radical (unpaired) electrons. The second kappa shape index (κ2) is 5.59.